The summed E-state index contributed by atoms with van der Waals surface area (Å²) in [6.45, 7) is 7.92. The van der Waals surface area contributed by atoms with E-state index < -0.39 is 6.09 Å². The van der Waals surface area contributed by atoms with E-state index in [1.165, 1.54) is 25.7 Å². The van der Waals surface area contributed by atoms with Crippen LogP contribution in [0, 0.1) is 24.2 Å². The number of amidine groups is 1. The zero-order valence-corrected chi connectivity index (χ0v) is 20.8. The van der Waals surface area contributed by atoms with Gasteiger partial charge in [0.1, 0.15) is 11.2 Å². The molecule has 0 atom stereocenters. The molecular formula is C26H33N7O3. The normalized spacial score (nSPS) is 20.4. The van der Waals surface area contributed by atoms with Gasteiger partial charge in [0.2, 0.25) is 5.95 Å². The van der Waals surface area contributed by atoms with Gasteiger partial charge < -0.3 is 19.3 Å². The topological polar surface area (TPSA) is 129 Å². The number of ether oxygens (including phenoxy) is 1. The summed E-state index contributed by atoms with van der Waals surface area (Å²) < 4.78 is 7.85. The molecule has 3 N–H and O–H groups in total. The largest absolute Gasteiger partial charge is 0.465 e. The van der Waals surface area contributed by atoms with Crippen molar-refractivity contribution in [3.8, 4) is 11.3 Å². The molecule has 1 amide bonds. The van der Waals surface area contributed by atoms with Crippen molar-refractivity contribution in [1.29, 1.82) is 5.41 Å². The summed E-state index contributed by atoms with van der Waals surface area (Å²) in [5.41, 5.74) is 3.93. The lowest BCUT2D eigenvalue weighted by molar-refractivity contribution is 0.121. The lowest BCUT2D eigenvalue weighted by Gasteiger charge is -2.31. The summed E-state index contributed by atoms with van der Waals surface area (Å²) in [6.07, 6.45) is 3.48. The molecule has 0 unspecified atom stereocenters. The van der Waals surface area contributed by atoms with Crippen LogP contribution in [0.1, 0.15) is 44.0 Å². The molecule has 1 saturated carbocycles. The predicted molar refractivity (Wildman–Crippen MR) is 138 cm³/mol. The second kappa shape index (κ2) is 10.2. The van der Waals surface area contributed by atoms with E-state index in [1.54, 1.807) is 0 Å². The quantitative estimate of drug-likeness (QED) is 0.363. The summed E-state index contributed by atoms with van der Waals surface area (Å²) in [5, 5.41) is 19.5. The maximum Gasteiger partial charge on any atom is 0.410 e. The van der Waals surface area contributed by atoms with Gasteiger partial charge in [-0.05, 0) is 37.7 Å². The van der Waals surface area contributed by atoms with Gasteiger partial charge in [-0.25, -0.2) is 14.8 Å². The fourth-order valence-corrected chi connectivity index (χ4v) is 5.24. The minimum absolute atomic E-state index is 0.00562. The molecule has 10 nitrogen and oxygen atoms in total. The molecule has 1 aliphatic heterocycles. The molecule has 0 spiro atoms. The van der Waals surface area contributed by atoms with Gasteiger partial charge in [-0.3, -0.25) is 10.7 Å². The maximum atomic E-state index is 11.2. The van der Waals surface area contributed by atoms with E-state index in [1.807, 2.05) is 31.2 Å². The summed E-state index contributed by atoms with van der Waals surface area (Å²) in [5.74, 6) is 1.77. The van der Waals surface area contributed by atoms with Crippen LogP contribution in [0.5, 0.6) is 0 Å². The van der Waals surface area contributed by atoms with Crippen molar-refractivity contribution < 1.29 is 14.6 Å². The lowest BCUT2D eigenvalue weighted by atomic mass is 9.83. The minimum Gasteiger partial charge on any atom is -0.465 e. The Balaban J connectivity index is 1.69. The maximum absolute atomic E-state index is 11.2. The Kier molecular flexibility index (Phi) is 6.86. The van der Waals surface area contributed by atoms with E-state index in [4.69, 9.17) is 25.2 Å². The zero-order valence-electron chi connectivity index (χ0n) is 20.8. The van der Waals surface area contributed by atoms with Crippen LogP contribution in [0.3, 0.4) is 0 Å². The number of amides is 1. The standard InChI is InChI=1S/C26H33N7O3/c1-16-6-8-18(9-7-16)15-33-21-20(19-5-3-4-17(2)14-19)28-24(22(27)29-26(34)35)30-23(21)31-25(33)32-10-12-36-13-11-32/h3-5,14,16,18H,6-13,15H2,1-2H3,(H2,27,29)(H,34,35)/t16-,18-. The van der Waals surface area contributed by atoms with Crippen LogP contribution in [-0.2, 0) is 11.3 Å². The number of benzene rings is 1. The molecule has 0 bridgehead atoms. The van der Waals surface area contributed by atoms with Crippen molar-refractivity contribution in [2.45, 2.75) is 46.1 Å². The molecule has 190 valence electrons. The molecule has 2 aliphatic rings. The molecule has 1 aliphatic carbocycles. The van der Waals surface area contributed by atoms with E-state index in [2.05, 4.69) is 26.7 Å². The molecule has 2 fully saturated rings. The lowest BCUT2D eigenvalue weighted by Crippen LogP contribution is -2.38. The van der Waals surface area contributed by atoms with Crippen molar-refractivity contribution in [3.05, 3.63) is 35.7 Å². The highest BCUT2D eigenvalue weighted by Gasteiger charge is 2.28. The Labute approximate surface area is 210 Å². The first kappa shape index (κ1) is 24.2. The van der Waals surface area contributed by atoms with Gasteiger partial charge in [0.25, 0.3) is 0 Å². The first-order valence-corrected chi connectivity index (χ1v) is 12.7. The van der Waals surface area contributed by atoms with Gasteiger partial charge in [0, 0.05) is 25.2 Å². The number of aryl methyl sites for hydroxylation is 1. The fourth-order valence-electron chi connectivity index (χ4n) is 5.24. The Morgan fingerprint density at radius 3 is 2.61 bits per heavy atom. The Hall–Kier alpha value is -3.53. The third kappa shape index (κ3) is 5.04. The van der Waals surface area contributed by atoms with Crippen molar-refractivity contribution in [2.75, 3.05) is 31.2 Å². The molecule has 5 rings (SSSR count). The predicted octanol–water partition coefficient (Wildman–Crippen LogP) is 4.06. The van der Waals surface area contributed by atoms with E-state index in [9.17, 15) is 4.79 Å². The summed E-state index contributed by atoms with van der Waals surface area (Å²) in [6, 6.07) is 8.04. The zero-order chi connectivity index (χ0) is 25.2. The van der Waals surface area contributed by atoms with Crippen LogP contribution in [0.25, 0.3) is 22.4 Å². The van der Waals surface area contributed by atoms with Crippen molar-refractivity contribution in [1.82, 2.24) is 24.8 Å². The van der Waals surface area contributed by atoms with Crippen molar-refractivity contribution >= 4 is 29.0 Å². The van der Waals surface area contributed by atoms with Gasteiger partial charge in [-0.15, -0.1) is 0 Å². The van der Waals surface area contributed by atoms with E-state index in [0.717, 1.165) is 48.1 Å². The third-order valence-electron chi connectivity index (χ3n) is 7.20. The SMILES string of the molecule is Cc1cccc(-c2nc(C(=N)NC(=O)O)nc3nc(N4CCOCC4)n(C[C@H]4CC[C@H](C)CC4)c23)c1. The van der Waals surface area contributed by atoms with Crippen molar-refractivity contribution in [3.63, 3.8) is 0 Å². The van der Waals surface area contributed by atoms with Crippen LogP contribution >= 0.6 is 0 Å². The fraction of sp³-hybridized carbons (Fsp3) is 0.500. The van der Waals surface area contributed by atoms with Gasteiger partial charge in [0.15, 0.2) is 17.3 Å². The monoisotopic (exact) mass is 491 g/mol. The Bertz CT molecular complexity index is 1270. The number of aromatic nitrogens is 4. The van der Waals surface area contributed by atoms with Crippen LogP contribution in [0.15, 0.2) is 24.3 Å². The van der Waals surface area contributed by atoms with E-state index in [-0.39, 0.29) is 11.7 Å². The number of nitrogens with one attached hydrogen (secondary N) is 2. The average Bonchev–Trinajstić information content (AvgIpc) is 3.23. The van der Waals surface area contributed by atoms with Gasteiger partial charge >= 0.3 is 6.09 Å². The number of fused-ring (bicyclic) bond motifs is 1. The molecule has 1 saturated heterocycles. The number of morpholine rings is 1. The second-order valence-corrected chi connectivity index (χ2v) is 9.99. The molecule has 0 radical (unpaired) electrons. The van der Waals surface area contributed by atoms with Crippen LogP contribution in [-0.4, -0.2) is 62.9 Å². The highest BCUT2D eigenvalue weighted by Crippen LogP contribution is 2.35. The molecule has 3 heterocycles. The number of anilines is 1. The average molecular weight is 492 g/mol. The second-order valence-electron chi connectivity index (χ2n) is 9.99. The van der Waals surface area contributed by atoms with Gasteiger partial charge in [-0.2, -0.15) is 4.98 Å². The highest BCUT2D eigenvalue weighted by atomic mass is 16.5. The number of imidazole rings is 1. The van der Waals surface area contributed by atoms with Crippen molar-refractivity contribution in [2.24, 2.45) is 11.8 Å². The Morgan fingerprint density at radius 1 is 1.17 bits per heavy atom. The van der Waals surface area contributed by atoms with Crippen LogP contribution < -0.4 is 10.2 Å². The first-order valence-electron chi connectivity index (χ1n) is 12.7. The molecule has 3 aromatic rings. The third-order valence-corrected chi connectivity index (χ3v) is 7.20. The molecule has 2 aromatic heterocycles. The van der Waals surface area contributed by atoms with Gasteiger partial charge in [0.05, 0.1) is 13.2 Å². The molecule has 10 heteroatoms. The number of carbonyl (C=O) groups is 1. The van der Waals surface area contributed by atoms with Crippen LogP contribution in [0.4, 0.5) is 10.7 Å². The van der Waals surface area contributed by atoms with Crippen LogP contribution in [0.2, 0.25) is 0 Å². The number of carboxylic acid groups (broad SMARTS) is 1. The molecule has 1 aromatic carbocycles. The van der Waals surface area contributed by atoms with E-state index >= 15 is 0 Å². The minimum atomic E-state index is -1.33. The first-order chi connectivity index (χ1) is 17.4. The molecular weight excluding hydrogens is 458 g/mol. The summed E-state index contributed by atoms with van der Waals surface area (Å²) in [7, 11) is 0. The number of nitrogens with zero attached hydrogens (tertiary/aromatic N) is 5. The number of rotatable bonds is 5. The number of hydrogen-bond acceptors (Lipinski definition) is 7. The van der Waals surface area contributed by atoms with E-state index in [0.29, 0.717) is 30.5 Å². The molecule has 36 heavy (non-hydrogen) atoms. The smallest absolute Gasteiger partial charge is 0.410 e. The Morgan fingerprint density at radius 2 is 1.92 bits per heavy atom. The number of hydrogen-bond donors (Lipinski definition) is 3. The summed E-state index contributed by atoms with van der Waals surface area (Å²) >= 11 is 0. The van der Waals surface area contributed by atoms with Gasteiger partial charge in [-0.1, -0.05) is 43.5 Å². The highest BCUT2D eigenvalue weighted by molar-refractivity contribution is 6.03. The summed E-state index contributed by atoms with van der Waals surface area (Å²) in [4.78, 5) is 27.7.